The molecule has 0 spiro atoms. The molecule has 26 heavy (non-hydrogen) atoms. The number of sulfonamides is 1. The molecule has 1 amide bonds. The number of carbonyl (C=O) groups is 1. The lowest BCUT2D eigenvalue weighted by Crippen LogP contribution is -2.34. The molecule has 1 atom stereocenters. The number of hydrogen-bond donors (Lipinski definition) is 2. The number of nitrogens with one attached hydrogen (secondary N) is 2. The molecular weight excluding hydrogens is 376 g/mol. The summed E-state index contributed by atoms with van der Waals surface area (Å²) in [6.07, 6.45) is 0.202. The summed E-state index contributed by atoms with van der Waals surface area (Å²) in [5.41, 5.74) is 1.29. The van der Waals surface area contributed by atoms with E-state index in [1.807, 2.05) is 7.05 Å². The van der Waals surface area contributed by atoms with Crippen molar-refractivity contribution in [1.29, 1.82) is 0 Å². The average Bonchev–Trinajstić information content (AvgIpc) is 2.96. The highest BCUT2D eigenvalue weighted by molar-refractivity contribution is 7.93. The number of likely N-dealkylation sites (N-methyl/N-ethyl adjacent to an activating group) is 1. The highest BCUT2D eigenvalue weighted by Crippen LogP contribution is 2.33. The average molecular weight is 394 g/mol. The fraction of sp³-hybridized carbons (Fsp3) is 0.375. The summed E-state index contributed by atoms with van der Waals surface area (Å²) in [6.45, 7) is 3.31. The Morgan fingerprint density at radius 2 is 2.23 bits per heavy atom. The Bertz CT molecular complexity index is 986. The van der Waals surface area contributed by atoms with Crippen molar-refractivity contribution in [2.24, 2.45) is 0 Å². The van der Waals surface area contributed by atoms with Gasteiger partial charge in [-0.25, -0.2) is 13.4 Å². The van der Waals surface area contributed by atoms with E-state index < -0.39 is 16.1 Å². The third kappa shape index (κ3) is 3.15. The molecule has 0 aliphatic carbocycles. The molecule has 0 saturated heterocycles. The molecule has 4 rings (SSSR count). The van der Waals surface area contributed by atoms with E-state index in [1.165, 1.54) is 23.5 Å². The minimum Gasteiger partial charge on any atom is -0.479 e. The largest absolute Gasteiger partial charge is 0.479 e. The number of aromatic nitrogens is 1. The van der Waals surface area contributed by atoms with Gasteiger partial charge in [0.1, 0.15) is 5.75 Å². The van der Waals surface area contributed by atoms with E-state index in [4.69, 9.17) is 4.74 Å². The van der Waals surface area contributed by atoms with Gasteiger partial charge in [0.2, 0.25) is 0 Å². The van der Waals surface area contributed by atoms with Gasteiger partial charge < -0.3 is 15.0 Å². The molecule has 1 unspecified atom stereocenters. The Hall–Kier alpha value is -2.17. The van der Waals surface area contributed by atoms with Crippen LogP contribution in [-0.4, -0.2) is 43.9 Å². The maximum Gasteiger partial charge on any atom is 0.265 e. The maximum absolute atomic E-state index is 12.7. The summed E-state index contributed by atoms with van der Waals surface area (Å²) >= 11 is 1.35. The predicted octanol–water partition coefficient (Wildman–Crippen LogP) is 1.65. The van der Waals surface area contributed by atoms with Crippen LogP contribution >= 0.6 is 11.3 Å². The highest BCUT2D eigenvalue weighted by Gasteiger charge is 2.26. The summed E-state index contributed by atoms with van der Waals surface area (Å²) in [4.78, 5) is 19.4. The Morgan fingerprint density at radius 3 is 3.04 bits per heavy atom. The zero-order chi connectivity index (χ0) is 18.5. The molecule has 8 nitrogen and oxygen atoms in total. The highest BCUT2D eigenvalue weighted by atomic mass is 32.2. The molecule has 2 aliphatic heterocycles. The quantitative estimate of drug-likeness (QED) is 0.821. The molecule has 10 heteroatoms. The lowest BCUT2D eigenvalue weighted by molar-refractivity contribution is -0.122. The van der Waals surface area contributed by atoms with Crippen LogP contribution in [0.15, 0.2) is 23.1 Å². The maximum atomic E-state index is 12.7. The van der Waals surface area contributed by atoms with Crippen molar-refractivity contribution in [3.8, 4) is 5.75 Å². The number of amides is 1. The Morgan fingerprint density at radius 1 is 1.42 bits per heavy atom. The number of anilines is 2. The third-order valence-electron chi connectivity index (χ3n) is 4.34. The molecule has 1 aromatic carbocycles. The molecule has 3 heterocycles. The van der Waals surface area contributed by atoms with E-state index in [2.05, 4.69) is 19.9 Å². The van der Waals surface area contributed by atoms with Crippen LogP contribution in [0, 0.1) is 0 Å². The molecule has 2 N–H and O–H groups in total. The number of nitrogens with zero attached hydrogens (tertiary/aromatic N) is 2. The molecule has 0 fully saturated rings. The lowest BCUT2D eigenvalue weighted by atomic mass is 10.2. The first-order chi connectivity index (χ1) is 12.3. The number of hydrogen-bond acceptors (Lipinski definition) is 7. The third-order valence-corrected chi connectivity index (χ3v) is 6.80. The molecule has 2 aliphatic rings. The Balaban J connectivity index is 1.60. The van der Waals surface area contributed by atoms with Gasteiger partial charge in [-0.2, -0.15) is 0 Å². The standard InChI is InChI=1S/C16H18N4O4S2/c1-9-15(21)17-12-7-10(3-4-13(12)24-9)26(22,23)19-16-18-11-5-6-20(2)8-14(11)25-16/h3-4,7,9H,5-6,8H2,1-2H3,(H,17,21)(H,18,19). The van der Waals surface area contributed by atoms with Crippen LogP contribution in [0.1, 0.15) is 17.5 Å². The fourth-order valence-corrected chi connectivity index (χ4v) is 5.24. The van der Waals surface area contributed by atoms with E-state index in [-0.39, 0.29) is 10.8 Å². The van der Waals surface area contributed by atoms with Gasteiger partial charge in [-0.1, -0.05) is 11.3 Å². The smallest absolute Gasteiger partial charge is 0.265 e. The molecule has 2 aromatic rings. The van der Waals surface area contributed by atoms with Crippen molar-refractivity contribution in [2.75, 3.05) is 23.6 Å². The van der Waals surface area contributed by atoms with Crippen molar-refractivity contribution in [3.05, 3.63) is 28.8 Å². The number of rotatable bonds is 3. The summed E-state index contributed by atoms with van der Waals surface area (Å²) < 4.78 is 33.4. The molecular formula is C16H18N4O4S2. The second-order valence-electron chi connectivity index (χ2n) is 6.39. The van der Waals surface area contributed by atoms with E-state index in [1.54, 1.807) is 13.0 Å². The van der Waals surface area contributed by atoms with Gasteiger partial charge in [0.15, 0.2) is 11.2 Å². The minimum absolute atomic E-state index is 0.0417. The second kappa shape index (κ2) is 6.22. The van der Waals surface area contributed by atoms with Crippen LogP contribution in [0.3, 0.4) is 0 Å². The summed E-state index contributed by atoms with van der Waals surface area (Å²) in [5.74, 6) is 0.139. The molecule has 1 aromatic heterocycles. The Kier molecular flexibility index (Phi) is 4.13. The number of thiazole rings is 1. The lowest BCUT2D eigenvalue weighted by Gasteiger charge is -2.23. The summed E-state index contributed by atoms with van der Waals surface area (Å²) in [7, 11) is -1.79. The van der Waals surface area contributed by atoms with E-state index in [0.29, 0.717) is 16.6 Å². The van der Waals surface area contributed by atoms with Crippen LogP contribution in [0.2, 0.25) is 0 Å². The second-order valence-corrected chi connectivity index (χ2v) is 9.16. The van der Waals surface area contributed by atoms with E-state index in [9.17, 15) is 13.2 Å². The SMILES string of the molecule is CC1Oc2ccc(S(=O)(=O)Nc3nc4c(s3)CN(C)CC4)cc2NC1=O. The van der Waals surface area contributed by atoms with Crippen LogP contribution < -0.4 is 14.8 Å². The first-order valence-corrected chi connectivity index (χ1v) is 10.4. The van der Waals surface area contributed by atoms with Crippen molar-refractivity contribution in [2.45, 2.75) is 30.9 Å². The zero-order valence-corrected chi connectivity index (χ0v) is 15.9. The van der Waals surface area contributed by atoms with Crippen molar-refractivity contribution in [1.82, 2.24) is 9.88 Å². The van der Waals surface area contributed by atoms with Crippen LogP contribution in [-0.2, 0) is 27.8 Å². The van der Waals surface area contributed by atoms with Gasteiger partial charge in [0, 0.05) is 24.4 Å². The first kappa shape index (κ1) is 17.3. The van der Waals surface area contributed by atoms with Crippen molar-refractivity contribution in [3.63, 3.8) is 0 Å². The first-order valence-electron chi connectivity index (χ1n) is 8.13. The van der Waals surface area contributed by atoms with E-state index >= 15 is 0 Å². The molecule has 0 radical (unpaired) electrons. The number of carbonyl (C=O) groups excluding carboxylic acids is 1. The fourth-order valence-electron chi connectivity index (χ4n) is 2.90. The van der Waals surface area contributed by atoms with Crippen LogP contribution in [0.25, 0.3) is 0 Å². The van der Waals surface area contributed by atoms with Gasteiger partial charge >= 0.3 is 0 Å². The zero-order valence-electron chi connectivity index (χ0n) is 14.3. The molecule has 0 bridgehead atoms. The van der Waals surface area contributed by atoms with Crippen molar-refractivity contribution < 1.29 is 17.9 Å². The molecule has 138 valence electrons. The van der Waals surface area contributed by atoms with Gasteiger partial charge in [0.05, 0.1) is 16.3 Å². The van der Waals surface area contributed by atoms with Gasteiger partial charge in [-0.3, -0.25) is 9.52 Å². The number of fused-ring (bicyclic) bond motifs is 2. The molecule has 0 saturated carbocycles. The number of benzene rings is 1. The van der Waals surface area contributed by atoms with Crippen molar-refractivity contribution >= 4 is 38.1 Å². The Labute approximate surface area is 155 Å². The predicted molar refractivity (Wildman–Crippen MR) is 98.1 cm³/mol. The monoisotopic (exact) mass is 394 g/mol. The topological polar surface area (TPSA) is 101 Å². The normalized spacial score (nSPS) is 19.9. The summed E-state index contributed by atoms with van der Waals surface area (Å²) in [5, 5.41) is 3.01. The minimum atomic E-state index is -3.81. The van der Waals surface area contributed by atoms with Gasteiger partial charge in [0.25, 0.3) is 15.9 Å². The summed E-state index contributed by atoms with van der Waals surface area (Å²) in [6, 6.07) is 4.39. The van der Waals surface area contributed by atoms with E-state index in [0.717, 1.165) is 30.1 Å². The van der Waals surface area contributed by atoms with Gasteiger partial charge in [-0.15, -0.1) is 0 Å². The van der Waals surface area contributed by atoms with Crippen LogP contribution in [0.5, 0.6) is 5.75 Å². The van der Waals surface area contributed by atoms with Crippen LogP contribution in [0.4, 0.5) is 10.8 Å². The van der Waals surface area contributed by atoms with Gasteiger partial charge in [-0.05, 0) is 32.2 Å². The number of ether oxygens (including phenoxy) is 1.